The number of aryl methyl sites for hydroxylation is 1. The van der Waals surface area contributed by atoms with Crippen LogP contribution in [0.15, 0.2) is 10.5 Å². The van der Waals surface area contributed by atoms with Gasteiger partial charge in [0.1, 0.15) is 11.5 Å². The third-order valence-corrected chi connectivity index (χ3v) is 3.87. The highest BCUT2D eigenvalue weighted by molar-refractivity contribution is 5.20. The normalized spacial score (nSPS) is 19.4. The quantitative estimate of drug-likeness (QED) is 0.833. The first-order valence-corrected chi connectivity index (χ1v) is 7.63. The van der Waals surface area contributed by atoms with E-state index in [4.69, 9.17) is 9.15 Å². The minimum absolute atomic E-state index is 0.548. The highest BCUT2D eigenvalue weighted by Crippen LogP contribution is 2.19. The minimum atomic E-state index is 0.548. The Hall–Kier alpha value is -0.840. The summed E-state index contributed by atoms with van der Waals surface area (Å²) in [4.78, 5) is 2.37. The number of hydrogen-bond acceptors (Lipinski definition) is 4. The third-order valence-electron chi connectivity index (χ3n) is 3.87. The Morgan fingerprint density at radius 2 is 2.25 bits per heavy atom. The summed E-state index contributed by atoms with van der Waals surface area (Å²) in [6, 6.07) is 2.74. The molecule has 0 radical (unpaired) electrons. The van der Waals surface area contributed by atoms with Gasteiger partial charge < -0.3 is 14.5 Å². The van der Waals surface area contributed by atoms with Gasteiger partial charge in [-0.1, -0.05) is 13.8 Å². The first-order chi connectivity index (χ1) is 9.56. The predicted octanol–water partition coefficient (Wildman–Crippen LogP) is 2.55. The monoisotopic (exact) mass is 280 g/mol. The second-order valence-corrected chi connectivity index (χ2v) is 6.25. The van der Waals surface area contributed by atoms with Crippen molar-refractivity contribution in [2.24, 2.45) is 5.92 Å². The summed E-state index contributed by atoms with van der Waals surface area (Å²) in [5.41, 5.74) is 1.29. The van der Waals surface area contributed by atoms with E-state index in [1.807, 2.05) is 0 Å². The molecule has 1 aliphatic rings. The Morgan fingerprint density at radius 3 is 2.90 bits per heavy atom. The first-order valence-electron chi connectivity index (χ1n) is 7.63. The van der Waals surface area contributed by atoms with Crippen LogP contribution in [0.2, 0.25) is 0 Å². The van der Waals surface area contributed by atoms with Gasteiger partial charge >= 0.3 is 0 Å². The van der Waals surface area contributed by atoms with Crippen molar-refractivity contribution in [1.29, 1.82) is 0 Å². The number of nitrogens with zero attached hydrogens (tertiary/aromatic N) is 1. The fraction of sp³-hybridized carbons (Fsp3) is 0.750. The first kappa shape index (κ1) is 15.5. The van der Waals surface area contributed by atoms with E-state index < -0.39 is 0 Å². The molecule has 1 aromatic rings. The van der Waals surface area contributed by atoms with Gasteiger partial charge in [-0.15, -0.1) is 0 Å². The molecule has 4 heteroatoms. The summed E-state index contributed by atoms with van der Waals surface area (Å²) in [6.07, 6.45) is 1.14. The van der Waals surface area contributed by atoms with Crippen molar-refractivity contribution < 1.29 is 9.15 Å². The molecule has 0 aromatic carbocycles. The Balaban J connectivity index is 1.86. The van der Waals surface area contributed by atoms with Crippen molar-refractivity contribution in [3.05, 3.63) is 23.2 Å². The molecule has 1 aromatic heterocycles. The Kier molecular flexibility index (Phi) is 5.64. The molecule has 1 atom stereocenters. The van der Waals surface area contributed by atoms with E-state index in [0.29, 0.717) is 12.0 Å². The third kappa shape index (κ3) is 4.33. The van der Waals surface area contributed by atoms with Crippen LogP contribution in [-0.4, -0.2) is 37.7 Å². The molecule has 114 valence electrons. The van der Waals surface area contributed by atoms with E-state index in [-0.39, 0.29) is 0 Å². The van der Waals surface area contributed by atoms with Crippen LogP contribution in [0.25, 0.3) is 0 Å². The predicted molar refractivity (Wildman–Crippen MR) is 80.7 cm³/mol. The van der Waals surface area contributed by atoms with Crippen LogP contribution < -0.4 is 5.32 Å². The van der Waals surface area contributed by atoms with Crippen LogP contribution in [0.4, 0.5) is 0 Å². The van der Waals surface area contributed by atoms with E-state index in [9.17, 15) is 0 Å². The maximum absolute atomic E-state index is 5.84. The molecule has 20 heavy (non-hydrogen) atoms. The molecule has 4 nitrogen and oxygen atoms in total. The van der Waals surface area contributed by atoms with E-state index in [1.54, 1.807) is 0 Å². The van der Waals surface area contributed by atoms with Crippen LogP contribution in [0.1, 0.15) is 37.4 Å². The number of likely N-dealkylation sites (N-methyl/N-ethyl adjacent to an activating group) is 1. The van der Waals surface area contributed by atoms with E-state index in [1.165, 1.54) is 5.56 Å². The largest absolute Gasteiger partial charge is 0.465 e. The van der Waals surface area contributed by atoms with Gasteiger partial charge in [0, 0.05) is 24.8 Å². The fourth-order valence-corrected chi connectivity index (χ4v) is 2.58. The molecule has 0 spiro atoms. The van der Waals surface area contributed by atoms with Gasteiger partial charge in [-0.2, -0.15) is 0 Å². The number of rotatable bonds is 7. The Bertz CT molecular complexity index is 409. The molecule has 1 fully saturated rings. The second-order valence-electron chi connectivity index (χ2n) is 6.25. The summed E-state index contributed by atoms with van der Waals surface area (Å²) in [7, 11) is 2.17. The topological polar surface area (TPSA) is 37.6 Å². The smallest absolute Gasteiger partial charge is 0.118 e. The van der Waals surface area contributed by atoms with Gasteiger partial charge in [-0.25, -0.2) is 0 Å². The lowest BCUT2D eigenvalue weighted by molar-refractivity contribution is 0.156. The molecule has 0 aliphatic carbocycles. The number of ether oxygens (including phenoxy) is 1. The summed E-state index contributed by atoms with van der Waals surface area (Å²) in [5.74, 6) is 2.74. The molecule has 1 saturated heterocycles. The Labute approximate surface area is 122 Å². The number of nitrogens with one attached hydrogen (secondary N) is 1. The van der Waals surface area contributed by atoms with Crippen molar-refractivity contribution in [3.63, 3.8) is 0 Å². The minimum Gasteiger partial charge on any atom is -0.465 e. The fourth-order valence-electron chi connectivity index (χ4n) is 2.58. The average molecular weight is 280 g/mol. The average Bonchev–Trinajstić information content (AvgIpc) is 3.00. The standard InChI is InChI=1S/C16H28N2O2/c1-12(2)8-17-9-16-7-14(13(3)20-16)10-18(4)15-5-6-19-11-15/h7,12,15,17H,5-6,8-11H2,1-4H3. The molecule has 1 unspecified atom stereocenters. The second kappa shape index (κ2) is 7.25. The number of furan rings is 1. The summed E-state index contributed by atoms with van der Waals surface area (Å²) in [5, 5.41) is 3.42. The van der Waals surface area contributed by atoms with Crippen molar-refractivity contribution in [1.82, 2.24) is 10.2 Å². The zero-order valence-corrected chi connectivity index (χ0v) is 13.2. The van der Waals surface area contributed by atoms with Gasteiger partial charge in [0.05, 0.1) is 13.2 Å². The van der Waals surface area contributed by atoms with Gasteiger partial charge in [-0.3, -0.25) is 4.90 Å². The molecule has 0 bridgehead atoms. The van der Waals surface area contributed by atoms with E-state index in [0.717, 1.165) is 50.8 Å². The summed E-state index contributed by atoms with van der Waals surface area (Å²) < 4.78 is 11.3. The van der Waals surface area contributed by atoms with E-state index in [2.05, 4.69) is 44.1 Å². The highest BCUT2D eigenvalue weighted by Gasteiger charge is 2.21. The molecule has 0 amide bonds. The van der Waals surface area contributed by atoms with Gasteiger partial charge in [0.2, 0.25) is 0 Å². The maximum Gasteiger partial charge on any atom is 0.118 e. The molecular formula is C16H28N2O2. The van der Waals surface area contributed by atoms with Crippen LogP contribution in [0, 0.1) is 12.8 Å². The van der Waals surface area contributed by atoms with Crippen LogP contribution in [-0.2, 0) is 17.8 Å². The Morgan fingerprint density at radius 1 is 1.45 bits per heavy atom. The van der Waals surface area contributed by atoms with Gasteiger partial charge in [0.15, 0.2) is 0 Å². The van der Waals surface area contributed by atoms with Crippen molar-refractivity contribution in [2.45, 2.75) is 46.3 Å². The van der Waals surface area contributed by atoms with Crippen molar-refractivity contribution in [2.75, 3.05) is 26.8 Å². The SMILES string of the molecule is Cc1oc(CNCC(C)C)cc1CN(C)C1CCOC1. The lowest BCUT2D eigenvalue weighted by Crippen LogP contribution is -2.31. The molecule has 2 rings (SSSR count). The van der Waals surface area contributed by atoms with Crippen molar-refractivity contribution >= 4 is 0 Å². The van der Waals surface area contributed by atoms with Crippen molar-refractivity contribution in [3.8, 4) is 0 Å². The number of hydrogen-bond donors (Lipinski definition) is 1. The lowest BCUT2D eigenvalue weighted by Gasteiger charge is -2.22. The highest BCUT2D eigenvalue weighted by atomic mass is 16.5. The lowest BCUT2D eigenvalue weighted by atomic mass is 10.2. The van der Waals surface area contributed by atoms with Gasteiger partial charge in [-0.05, 0) is 38.9 Å². The van der Waals surface area contributed by atoms with Crippen LogP contribution >= 0.6 is 0 Å². The van der Waals surface area contributed by atoms with Crippen LogP contribution in [0.5, 0.6) is 0 Å². The zero-order valence-electron chi connectivity index (χ0n) is 13.2. The van der Waals surface area contributed by atoms with Gasteiger partial charge in [0.25, 0.3) is 0 Å². The molecule has 1 N–H and O–H groups in total. The molecule has 1 aliphatic heterocycles. The summed E-state index contributed by atoms with van der Waals surface area (Å²) in [6.45, 7) is 11.0. The maximum atomic E-state index is 5.84. The zero-order chi connectivity index (χ0) is 14.5. The summed E-state index contributed by atoms with van der Waals surface area (Å²) >= 11 is 0. The van der Waals surface area contributed by atoms with Crippen LogP contribution in [0.3, 0.4) is 0 Å². The molecule has 2 heterocycles. The molecular weight excluding hydrogens is 252 g/mol. The molecule has 0 saturated carbocycles. The van der Waals surface area contributed by atoms with E-state index >= 15 is 0 Å².